The molecule has 4 nitrogen and oxygen atoms in total. The number of aryl methyl sites for hydroxylation is 1. The van der Waals surface area contributed by atoms with E-state index < -0.39 is 0 Å². The maximum Gasteiger partial charge on any atom is 0.256 e. The fourth-order valence-electron chi connectivity index (χ4n) is 2.10. The quantitative estimate of drug-likeness (QED) is 0.880. The summed E-state index contributed by atoms with van der Waals surface area (Å²) in [7, 11) is 2.05. The van der Waals surface area contributed by atoms with Gasteiger partial charge < -0.3 is 10.2 Å². The Bertz CT molecular complexity index is 605. The molecule has 1 amide bonds. The number of nitrogens with zero attached hydrogens (tertiary/aromatic N) is 2. The molecule has 0 radical (unpaired) electrons. The van der Waals surface area contributed by atoms with E-state index in [2.05, 4.69) is 29.2 Å². The lowest BCUT2D eigenvalue weighted by atomic mass is 10.1. The van der Waals surface area contributed by atoms with Gasteiger partial charge in [0.15, 0.2) is 0 Å². The fourth-order valence-corrected chi connectivity index (χ4v) is 2.10. The van der Waals surface area contributed by atoms with Gasteiger partial charge in [-0.3, -0.25) is 4.79 Å². The Balaban J connectivity index is 1.98. The first kappa shape index (κ1) is 16.0. The van der Waals surface area contributed by atoms with E-state index in [1.165, 1.54) is 6.42 Å². The summed E-state index contributed by atoms with van der Waals surface area (Å²) in [6, 6.07) is 11.3. The lowest BCUT2D eigenvalue weighted by molar-refractivity contribution is 0.102. The monoisotopic (exact) mass is 297 g/mol. The van der Waals surface area contributed by atoms with Crippen molar-refractivity contribution in [3.05, 3.63) is 53.7 Å². The minimum atomic E-state index is -0.139. The molecule has 0 aliphatic carbocycles. The van der Waals surface area contributed by atoms with E-state index in [1.54, 1.807) is 6.20 Å². The molecule has 4 heteroatoms. The molecule has 1 aromatic heterocycles. The number of rotatable bonds is 6. The number of pyridine rings is 1. The zero-order valence-corrected chi connectivity index (χ0v) is 13.5. The normalized spacial score (nSPS) is 10.3. The van der Waals surface area contributed by atoms with Gasteiger partial charge in [0.1, 0.15) is 5.82 Å². The molecule has 1 N–H and O–H groups in total. The third-order valence-corrected chi connectivity index (χ3v) is 3.59. The van der Waals surface area contributed by atoms with Gasteiger partial charge in [-0.15, -0.1) is 0 Å². The van der Waals surface area contributed by atoms with Crippen LogP contribution in [0.2, 0.25) is 0 Å². The molecule has 1 aromatic carbocycles. The van der Waals surface area contributed by atoms with E-state index in [0.29, 0.717) is 11.4 Å². The van der Waals surface area contributed by atoms with Gasteiger partial charge in [0.2, 0.25) is 0 Å². The number of aromatic nitrogens is 1. The SMILES string of the molecule is CCCCN(C)c1ccc(NC(=O)c2ccc(C)cc2)nc1. The highest BCUT2D eigenvalue weighted by Gasteiger charge is 2.07. The number of amides is 1. The maximum atomic E-state index is 12.1. The van der Waals surface area contributed by atoms with Crippen molar-refractivity contribution in [3.8, 4) is 0 Å². The Hall–Kier alpha value is -2.36. The molecule has 0 saturated heterocycles. The summed E-state index contributed by atoms with van der Waals surface area (Å²) in [5.41, 5.74) is 2.83. The van der Waals surface area contributed by atoms with E-state index in [9.17, 15) is 4.79 Å². The average Bonchev–Trinajstić information content (AvgIpc) is 2.54. The molecule has 1 heterocycles. The minimum Gasteiger partial charge on any atom is -0.373 e. The highest BCUT2D eigenvalue weighted by molar-refractivity contribution is 6.03. The minimum absolute atomic E-state index is 0.139. The van der Waals surface area contributed by atoms with Crippen molar-refractivity contribution in [1.29, 1.82) is 0 Å². The molecule has 2 aromatic rings. The van der Waals surface area contributed by atoms with Gasteiger partial charge in [-0.25, -0.2) is 4.98 Å². The molecular formula is C18H23N3O. The Morgan fingerprint density at radius 2 is 1.91 bits per heavy atom. The number of carbonyl (C=O) groups excluding carboxylic acids is 1. The molecule has 0 saturated carbocycles. The van der Waals surface area contributed by atoms with Gasteiger partial charge >= 0.3 is 0 Å². The molecule has 0 fully saturated rings. The van der Waals surface area contributed by atoms with Crippen molar-refractivity contribution >= 4 is 17.4 Å². The maximum absolute atomic E-state index is 12.1. The molecule has 0 unspecified atom stereocenters. The van der Waals surface area contributed by atoms with Crippen molar-refractivity contribution in [2.24, 2.45) is 0 Å². The number of hydrogen-bond donors (Lipinski definition) is 1. The van der Waals surface area contributed by atoms with Crippen molar-refractivity contribution in [2.45, 2.75) is 26.7 Å². The molecule has 116 valence electrons. The second kappa shape index (κ2) is 7.59. The molecule has 0 bridgehead atoms. The zero-order chi connectivity index (χ0) is 15.9. The van der Waals surface area contributed by atoms with Crippen molar-refractivity contribution in [3.63, 3.8) is 0 Å². The summed E-state index contributed by atoms with van der Waals surface area (Å²) < 4.78 is 0. The van der Waals surface area contributed by atoms with Gasteiger partial charge in [0, 0.05) is 19.2 Å². The van der Waals surface area contributed by atoms with E-state index in [-0.39, 0.29) is 5.91 Å². The molecular weight excluding hydrogens is 274 g/mol. The first-order valence-electron chi connectivity index (χ1n) is 7.65. The standard InChI is InChI=1S/C18H23N3O/c1-4-5-12-21(3)16-10-11-17(19-13-16)20-18(22)15-8-6-14(2)7-9-15/h6-11,13H,4-5,12H2,1-3H3,(H,19,20,22). The lowest BCUT2D eigenvalue weighted by Gasteiger charge is -2.18. The Morgan fingerprint density at radius 3 is 2.50 bits per heavy atom. The van der Waals surface area contributed by atoms with Crippen LogP contribution in [0, 0.1) is 6.92 Å². The predicted molar refractivity (Wildman–Crippen MR) is 91.5 cm³/mol. The zero-order valence-electron chi connectivity index (χ0n) is 13.5. The van der Waals surface area contributed by atoms with Crippen LogP contribution >= 0.6 is 0 Å². The van der Waals surface area contributed by atoms with Crippen LogP contribution < -0.4 is 10.2 Å². The Kier molecular flexibility index (Phi) is 5.53. The second-order valence-corrected chi connectivity index (χ2v) is 5.50. The molecule has 0 atom stereocenters. The summed E-state index contributed by atoms with van der Waals surface area (Å²) >= 11 is 0. The molecule has 22 heavy (non-hydrogen) atoms. The van der Waals surface area contributed by atoms with Crippen LogP contribution in [0.5, 0.6) is 0 Å². The van der Waals surface area contributed by atoms with Gasteiger partial charge in [0.25, 0.3) is 5.91 Å². The van der Waals surface area contributed by atoms with Gasteiger partial charge in [0.05, 0.1) is 11.9 Å². The molecule has 0 spiro atoms. The molecule has 2 rings (SSSR count). The number of unbranched alkanes of at least 4 members (excludes halogenated alkanes) is 1. The predicted octanol–water partition coefficient (Wildman–Crippen LogP) is 3.88. The van der Waals surface area contributed by atoms with Gasteiger partial charge in [-0.05, 0) is 37.6 Å². The topological polar surface area (TPSA) is 45.2 Å². The third kappa shape index (κ3) is 4.32. The van der Waals surface area contributed by atoms with Crippen LogP contribution in [-0.2, 0) is 0 Å². The van der Waals surface area contributed by atoms with E-state index >= 15 is 0 Å². The van der Waals surface area contributed by atoms with Gasteiger partial charge in [-0.1, -0.05) is 31.0 Å². The average molecular weight is 297 g/mol. The third-order valence-electron chi connectivity index (χ3n) is 3.59. The Morgan fingerprint density at radius 1 is 1.18 bits per heavy atom. The van der Waals surface area contributed by atoms with Crippen LogP contribution in [0.4, 0.5) is 11.5 Å². The first-order chi connectivity index (χ1) is 10.6. The van der Waals surface area contributed by atoms with Crippen LogP contribution in [0.25, 0.3) is 0 Å². The van der Waals surface area contributed by atoms with Crippen molar-refractivity contribution in [2.75, 3.05) is 23.8 Å². The summed E-state index contributed by atoms with van der Waals surface area (Å²) in [4.78, 5) is 18.6. The number of hydrogen-bond acceptors (Lipinski definition) is 3. The highest BCUT2D eigenvalue weighted by atomic mass is 16.1. The first-order valence-corrected chi connectivity index (χ1v) is 7.65. The number of anilines is 2. The van der Waals surface area contributed by atoms with Crippen molar-refractivity contribution < 1.29 is 4.79 Å². The van der Waals surface area contributed by atoms with Crippen LogP contribution in [0.3, 0.4) is 0 Å². The molecule has 0 aliphatic rings. The number of benzene rings is 1. The van der Waals surface area contributed by atoms with E-state index in [0.717, 1.165) is 24.2 Å². The van der Waals surface area contributed by atoms with Crippen LogP contribution in [0.15, 0.2) is 42.6 Å². The molecule has 0 aliphatic heterocycles. The number of nitrogens with one attached hydrogen (secondary N) is 1. The van der Waals surface area contributed by atoms with Crippen LogP contribution in [-0.4, -0.2) is 24.5 Å². The summed E-state index contributed by atoms with van der Waals surface area (Å²) in [5, 5.41) is 2.82. The van der Waals surface area contributed by atoms with Crippen LogP contribution in [0.1, 0.15) is 35.7 Å². The number of carbonyl (C=O) groups is 1. The smallest absolute Gasteiger partial charge is 0.256 e. The second-order valence-electron chi connectivity index (χ2n) is 5.50. The largest absolute Gasteiger partial charge is 0.373 e. The van der Waals surface area contributed by atoms with E-state index in [1.807, 2.05) is 43.3 Å². The van der Waals surface area contributed by atoms with Crippen molar-refractivity contribution in [1.82, 2.24) is 4.98 Å². The summed E-state index contributed by atoms with van der Waals surface area (Å²) in [5.74, 6) is 0.429. The van der Waals surface area contributed by atoms with Gasteiger partial charge in [-0.2, -0.15) is 0 Å². The lowest BCUT2D eigenvalue weighted by Crippen LogP contribution is -2.19. The highest BCUT2D eigenvalue weighted by Crippen LogP contribution is 2.15. The van der Waals surface area contributed by atoms with E-state index in [4.69, 9.17) is 0 Å². The summed E-state index contributed by atoms with van der Waals surface area (Å²) in [6.45, 7) is 5.18. The Labute approximate surface area is 132 Å². The fraction of sp³-hybridized carbons (Fsp3) is 0.333. The summed E-state index contributed by atoms with van der Waals surface area (Å²) in [6.07, 6.45) is 4.12.